The number of rotatable bonds is 1. The van der Waals surface area contributed by atoms with E-state index in [0.717, 1.165) is 5.92 Å². The lowest BCUT2D eigenvalue weighted by Crippen LogP contribution is -2.08. The van der Waals surface area contributed by atoms with Gasteiger partial charge in [0.1, 0.15) is 0 Å². The Kier molecular flexibility index (Phi) is 2.16. The van der Waals surface area contributed by atoms with E-state index in [1.165, 1.54) is 40.8 Å². The van der Waals surface area contributed by atoms with Crippen LogP contribution in [0.1, 0.15) is 30.7 Å². The fraction of sp³-hybridized carbons (Fsp3) is 0.222. The number of fused-ring (bicyclic) bond motifs is 3. The Morgan fingerprint density at radius 1 is 0.667 bits per heavy atom. The molecule has 0 radical (unpaired) electrons. The topological polar surface area (TPSA) is 0 Å². The van der Waals surface area contributed by atoms with Gasteiger partial charge in [0, 0.05) is 0 Å². The Bertz CT molecular complexity index is 720. The molecule has 18 heavy (non-hydrogen) atoms. The molecule has 0 nitrogen and oxygen atoms in total. The van der Waals surface area contributed by atoms with Gasteiger partial charge in [0.15, 0.2) is 0 Å². The monoisotopic (exact) mass is 232 g/mol. The van der Waals surface area contributed by atoms with Crippen LogP contribution in [0.5, 0.6) is 0 Å². The van der Waals surface area contributed by atoms with Gasteiger partial charge in [0.2, 0.25) is 0 Å². The molecule has 1 aliphatic rings. The van der Waals surface area contributed by atoms with Crippen molar-refractivity contribution in [3.63, 3.8) is 0 Å². The van der Waals surface area contributed by atoms with Crippen LogP contribution in [0, 0.1) is 0 Å². The van der Waals surface area contributed by atoms with Crippen molar-refractivity contribution in [2.24, 2.45) is 0 Å². The maximum absolute atomic E-state index is 2.32. The maximum Gasteiger partial charge on any atom is -0.0103 e. The predicted molar refractivity (Wildman–Crippen MR) is 78.0 cm³/mol. The van der Waals surface area contributed by atoms with E-state index >= 15 is 0 Å². The fourth-order valence-electron chi connectivity index (χ4n) is 3.14. The van der Waals surface area contributed by atoms with E-state index in [2.05, 4.69) is 54.6 Å². The van der Waals surface area contributed by atoms with Crippen molar-refractivity contribution in [2.45, 2.75) is 25.2 Å². The number of benzene rings is 3. The standard InChI is InChI=1S/C18H16/c1-2-8-15-14(5-1)11-12-18-16(13-6-3-7-13)9-4-10-17(15)18/h1-2,4-5,8-13H,3,6-7H2. The lowest BCUT2D eigenvalue weighted by Gasteiger charge is -2.27. The summed E-state index contributed by atoms with van der Waals surface area (Å²) in [6.45, 7) is 0. The van der Waals surface area contributed by atoms with Gasteiger partial charge in [0.05, 0.1) is 0 Å². The van der Waals surface area contributed by atoms with E-state index in [0.29, 0.717) is 0 Å². The third-order valence-electron chi connectivity index (χ3n) is 4.37. The highest BCUT2D eigenvalue weighted by atomic mass is 14.3. The van der Waals surface area contributed by atoms with Crippen molar-refractivity contribution in [3.8, 4) is 0 Å². The van der Waals surface area contributed by atoms with E-state index < -0.39 is 0 Å². The van der Waals surface area contributed by atoms with E-state index in [4.69, 9.17) is 0 Å². The highest BCUT2D eigenvalue weighted by molar-refractivity contribution is 6.08. The molecular weight excluding hydrogens is 216 g/mol. The molecule has 1 aliphatic carbocycles. The van der Waals surface area contributed by atoms with Crippen molar-refractivity contribution in [2.75, 3.05) is 0 Å². The Balaban J connectivity index is 2.08. The first-order valence-electron chi connectivity index (χ1n) is 6.84. The van der Waals surface area contributed by atoms with Crippen LogP contribution in [-0.4, -0.2) is 0 Å². The molecule has 0 aliphatic heterocycles. The van der Waals surface area contributed by atoms with Crippen molar-refractivity contribution < 1.29 is 0 Å². The molecule has 0 unspecified atom stereocenters. The van der Waals surface area contributed by atoms with Crippen LogP contribution in [0.25, 0.3) is 21.5 Å². The van der Waals surface area contributed by atoms with E-state index in [9.17, 15) is 0 Å². The van der Waals surface area contributed by atoms with Crippen LogP contribution in [0.3, 0.4) is 0 Å². The molecule has 0 aromatic heterocycles. The SMILES string of the molecule is c1ccc2c(c1)ccc1c(C3CCC3)cccc12. The molecule has 0 spiro atoms. The zero-order valence-corrected chi connectivity index (χ0v) is 10.4. The molecule has 4 rings (SSSR count). The summed E-state index contributed by atoms with van der Waals surface area (Å²) in [4.78, 5) is 0. The summed E-state index contributed by atoms with van der Waals surface area (Å²) in [7, 11) is 0. The summed E-state index contributed by atoms with van der Waals surface area (Å²) in [6, 6.07) is 20.1. The van der Waals surface area contributed by atoms with Crippen LogP contribution < -0.4 is 0 Å². The molecule has 0 saturated heterocycles. The first kappa shape index (κ1) is 10.1. The van der Waals surface area contributed by atoms with Crippen LogP contribution in [0.4, 0.5) is 0 Å². The summed E-state index contributed by atoms with van der Waals surface area (Å²) in [5.74, 6) is 0.801. The van der Waals surface area contributed by atoms with Gasteiger partial charge in [-0.05, 0) is 45.9 Å². The summed E-state index contributed by atoms with van der Waals surface area (Å²) < 4.78 is 0. The molecule has 0 heterocycles. The lowest BCUT2D eigenvalue weighted by molar-refractivity contribution is 0.422. The fourth-order valence-corrected chi connectivity index (χ4v) is 3.14. The Labute approximate surface area is 107 Å². The average Bonchev–Trinajstić information content (AvgIpc) is 2.37. The first-order chi connectivity index (χ1) is 8.93. The van der Waals surface area contributed by atoms with Gasteiger partial charge in [-0.25, -0.2) is 0 Å². The maximum atomic E-state index is 2.32. The molecule has 0 N–H and O–H groups in total. The number of hydrogen-bond donors (Lipinski definition) is 0. The second kappa shape index (κ2) is 3.84. The summed E-state index contributed by atoms with van der Waals surface area (Å²) in [5.41, 5.74) is 1.56. The summed E-state index contributed by atoms with van der Waals surface area (Å²) in [6.07, 6.45) is 4.13. The Hall–Kier alpha value is -1.82. The molecular formula is C18H16. The average molecular weight is 232 g/mol. The van der Waals surface area contributed by atoms with Gasteiger partial charge >= 0.3 is 0 Å². The van der Waals surface area contributed by atoms with Crippen molar-refractivity contribution in [3.05, 3.63) is 60.2 Å². The molecule has 0 amide bonds. The van der Waals surface area contributed by atoms with Crippen LogP contribution >= 0.6 is 0 Å². The third kappa shape index (κ3) is 1.38. The van der Waals surface area contributed by atoms with E-state index in [1.807, 2.05) is 0 Å². The largest absolute Gasteiger partial charge is 0.0616 e. The predicted octanol–water partition coefficient (Wildman–Crippen LogP) is 5.26. The van der Waals surface area contributed by atoms with E-state index in [-0.39, 0.29) is 0 Å². The normalized spacial score (nSPS) is 16.0. The second-order valence-electron chi connectivity index (χ2n) is 5.36. The van der Waals surface area contributed by atoms with Crippen LogP contribution in [-0.2, 0) is 0 Å². The molecule has 88 valence electrons. The van der Waals surface area contributed by atoms with Crippen molar-refractivity contribution in [1.82, 2.24) is 0 Å². The Morgan fingerprint density at radius 3 is 2.33 bits per heavy atom. The smallest absolute Gasteiger partial charge is 0.0103 e. The van der Waals surface area contributed by atoms with Gasteiger partial charge in [-0.15, -0.1) is 0 Å². The molecule has 1 fully saturated rings. The van der Waals surface area contributed by atoms with Crippen LogP contribution in [0.2, 0.25) is 0 Å². The molecule has 1 saturated carbocycles. The highest BCUT2D eigenvalue weighted by Crippen LogP contribution is 2.40. The van der Waals surface area contributed by atoms with E-state index in [1.54, 1.807) is 5.56 Å². The summed E-state index contributed by atoms with van der Waals surface area (Å²) >= 11 is 0. The minimum absolute atomic E-state index is 0.801. The molecule has 0 atom stereocenters. The quantitative estimate of drug-likeness (QED) is 0.502. The van der Waals surface area contributed by atoms with Crippen LogP contribution in [0.15, 0.2) is 54.6 Å². The first-order valence-corrected chi connectivity index (χ1v) is 6.84. The zero-order chi connectivity index (χ0) is 11.9. The minimum atomic E-state index is 0.801. The van der Waals surface area contributed by atoms with Gasteiger partial charge in [-0.2, -0.15) is 0 Å². The molecule has 0 bridgehead atoms. The molecule has 3 aromatic carbocycles. The minimum Gasteiger partial charge on any atom is -0.0616 e. The van der Waals surface area contributed by atoms with Gasteiger partial charge in [0.25, 0.3) is 0 Å². The van der Waals surface area contributed by atoms with Gasteiger partial charge < -0.3 is 0 Å². The van der Waals surface area contributed by atoms with Crippen molar-refractivity contribution in [1.29, 1.82) is 0 Å². The summed E-state index contributed by atoms with van der Waals surface area (Å²) in [5, 5.41) is 5.60. The zero-order valence-electron chi connectivity index (χ0n) is 10.4. The van der Waals surface area contributed by atoms with Gasteiger partial charge in [-0.3, -0.25) is 0 Å². The molecule has 3 aromatic rings. The molecule has 0 heteroatoms. The second-order valence-corrected chi connectivity index (χ2v) is 5.36. The highest BCUT2D eigenvalue weighted by Gasteiger charge is 2.21. The lowest BCUT2D eigenvalue weighted by atomic mass is 9.78. The van der Waals surface area contributed by atoms with Crippen molar-refractivity contribution >= 4 is 21.5 Å². The van der Waals surface area contributed by atoms with Gasteiger partial charge in [-0.1, -0.05) is 61.0 Å². The number of hydrogen-bond acceptors (Lipinski definition) is 0. The Morgan fingerprint density at radius 2 is 1.50 bits per heavy atom. The third-order valence-corrected chi connectivity index (χ3v) is 4.37.